The van der Waals surface area contributed by atoms with Crippen LogP contribution in [0.1, 0.15) is 5.56 Å². The monoisotopic (exact) mass is 428 g/mol. The molecule has 162 valence electrons. The molecule has 2 aromatic heterocycles. The number of anilines is 4. The van der Waals surface area contributed by atoms with E-state index in [9.17, 15) is 0 Å². The van der Waals surface area contributed by atoms with E-state index < -0.39 is 0 Å². The maximum atomic E-state index is 5.69. The SMILES string of the molecule is COCCOc1cccc(Nc2ccc3c(n2)N(Cc2ccc4ncccc4c2)NN3)c1. The third-order valence-corrected chi connectivity index (χ3v) is 5.13. The minimum absolute atomic E-state index is 0.508. The molecule has 8 nitrogen and oxygen atoms in total. The molecule has 0 spiro atoms. The van der Waals surface area contributed by atoms with Gasteiger partial charge in [0, 0.05) is 30.4 Å². The summed E-state index contributed by atoms with van der Waals surface area (Å²) in [5.41, 5.74) is 10.3. The van der Waals surface area contributed by atoms with Crippen LogP contribution in [0.25, 0.3) is 10.9 Å². The van der Waals surface area contributed by atoms with Gasteiger partial charge in [0.25, 0.3) is 0 Å². The van der Waals surface area contributed by atoms with Crippen molar-refractivity contribution in [3.63, 3.8) is 0 Å². The lowest BCUT2D eigenvalue weighted by molar-refractivity contribution is 0.146. The number of methoxy groups -OCH3 is 1. The van der Waals surface area contributed by atoms with Crippen molar-refractivity contribution in [1.29, 1.82) is 0 Å². The van der Waals surface area contributed by atoms with Crippen molar-refractivity contribution in [2.24, 2.45) is 0 Å². The lowest BCUT2D eigenvalue weighted by atomic mass is 10.1. The fraction of sp³-hybridized carbons (Fsp3) is 0.167. The first-order valence-corrected chi connectivity index (χ1v) is 10.4. The van der Waals surface area contributed by atoms with Crippen molar-refractivity contribution < 1.29 is 9.47 Å². The fourth-order valence-electron chi connectivity index (χ4n) is 3.58. The number of hydrogen-bond donors (Lipinski definition) is 3. The molecule has 0 atom stereocenters. The topological polar surface area (TPSA) is 83.6 Å². The summed E-state index contributed by atoms with van der Waals surface area (Å²) < 4.78 is 10.7. The van der Waals surface area contributed by atoms with Crippen LogP contribution < -0.4 is 26.0 Å². The fourth-order valence-corrected chi connectivity index (χ4v) is 3.58. The molecule has 8 heteroatoms. The highest BCUT2D eigenvalue weighted by molar-refractivity contribution is 5.79. The van der Waals surface area contributed by atoms with Crippen LogP contribution in [0.2, 0.25) is 0 Å². The van der Waals surface area contributed by atoms with E-state index in [2.05, 4.69) is 39.5 Å². The van der Waals surface area contributed by atoms with E-state index >= 15 is 0 Å². The van der Waals surface area contributed by atoms with Crippen molar-refractivity contribution in [1.82, 2.24) is 15.5 Å². The Morgan fingerprint density at radius 2 is 1.97 bits per heavy atom. The second-order valence-electron chi connectivity index (χ2n) is 7.42. The first-order chi connectivity index (χ1) is 15.8. The average Bonchev–Trinajstić information content (AvgIpc) is 3.21. The molecule has 0 fully saturated rings. The highest BCUT2D eigenvalue weighted by atomic mass is 16.5. The largest absolute Gasteiger partial charge is 0.491 e. The molecule has 2 aromatic carbocycles. The van der Waals surface area contributed by atoms with Gasteiger partial charge >= 0.3 is 0 Å². The van der Waals surface area contributed by atoms with E-state index in [1.54, 1.807) is 7.11 Å². The van der Waals surface area contributed by atoms with Gasteiger partial charge in [0.05, 0.1) is 24.4 Å². The number of hydrazine groups is 2. The van der Waals surface area contributed by atoms with Crippen LogP contribution in [0.4, 0.5) is 23.0 Å². The first-order valence-electron chi connectivity index (χ1n) is 10.4. The molecule has 1 aliphatic heterocycles. The van der Waals surface area contributed by atoms with Gasteiger partial charge in [-0.2, -0.15) is 0 Å². The van der Waals surface area contributed by atoms with Crippen LogP contribution in [0.3, 0.4) is 0 Å². The van der Waals surface area contributed by atoms with Crippen molar-refractivity contribution in [2.45, 2.75) is 6.54 Å². The Morgan fingerprint density at radius 3 is 2.91 bits per heavy atom. The Morgan fingerprint density at radius 1 is 1.00 bits per heavy atom. The number of nitrogens with zero attached hydrogens (tertiary/aromatic N) is 3. The molecule has 1 aliphatic rings. The first kappa shape index (κ1) is 20.0. The lowest BCUT2D eigenvalue weighted by Crippen LogP contribution is -2.35. The van der Waals surface area contributed by atoms with Crippen LogP contribution >= 0.6 is 0 Å². The predicted molar refractivity (Wildman–Crippen MR) is 126 cm³/mol. The number of fused-ring (bicyclic) bond motifs is 2. The second-order valence-corrected chi connectivity index (χ2v) is 7.42. The molecule has 0 unspecified atom stereocenters. The number of nitrogens with one attached hydrogen (secondary N) is 3. The van der Waals surface area contributed by atoms with Gasteiger partial charge < -0.3 is 20.2 Å². The molecule has 3 N–H and O–H groups in total. The van der Waals surface area contributed by atoms with Gasteiger partial charge in [0.15, 0.2) is 5.82 Å². The standard InChI is InChI=1S/C24H24N6O2/c1-31-12-13-32-20-6-2-5-19(15-20)26-23-10-9-22-24(27-23)30(29-28-22)16-17-7-8-21-18(14-17)4-3-11-25-21/h2-11,14-15,28-29H,12-13,16H2,1H3,(H,26,27). The summed E-state index contributed by atoms with van der Waals surface area (Å²) in [6.45, 7) is 1.71. The third kappa shape index (κ3) is 4.41. The summed E-state index contributed by atoms with van der Waals surface area (Å²) in [7, 11) is 1.66. The quantitative estimate of drug-likeness (QED) is 0.359. The van der Waals surface area contributed by atoms with Crippen molar-refractivity contribution in [3.8, 4) is 5.75 Å². The number of hydrogen-bond acceptors (Lipinski definition) is 8. The Hall–Kier alpha value is -3.88. The molecule has 0 aliphatic carbocycles. The molecule has 0 amide bonds. The Balaban J connectivity index is 1.31. The summed E-state index contributed by atoms with van der Waals surface area (Å²) in [5, 5.41) is 6.47. The maximum Gasteiger partial charge on any atom is 0.171 e. The van der Waals surface area contributed by atoms with Gasteiger partial charge in [0.2, 0.25) is 0 Å². The maximum absolute atomic E-state index is 5.69. The average molecular weight is 428 g/mol. The van der Waals surface area contributed by atoms with Crippen LogP contribution in [0, 0.1) is 0 Å². The number of pyridine rings is 2. The van der Waals surface area contributed by atoms with Crippen LogP contribution in [-0.4, -0.2) is 30.3 Å². The van der Waals surface area contributed by atoms with Crippen LogP contribution in [-0.2, 0) is 11.3 Å². The van der Waals surface area contributed by atoms with E-state index in [0.717, 1.165) is 45.2 Å². The zero-order chi connectivity index (χ0) is 21.8. The molecule has 32 heavy (non-hydrogen) atoms. The molecule has 0 bridgehead atoms. The molecule has 0 saturated carbocycles. The zero-order valence-corrected chi connectivity index (χ0v) is 17.7. The zero-order valence-electron chi connectivity index (χ0n) is 17.7. The highest BCUT2D eigenvalue weighted by Gasteiger charge is 2.21. The van der Waals surface area contributed by atoms with E-state index in [4.69, 9.17) is 14.5 Å². The third-order valence-electron chi connectivity index (χ3n) is 5.13. The normalized spacial score (nSPS) is 12.5. The Labute approximate surface area is 186 Å². The molecular weight excluding hydrogens is 404 g/mol. The summed E-state index contributed by atoms with van der Waals surface area (Å²) in [6.07, 6.45) is 1.81. The molecule has 0 saturated heterocycles. The highest BCUT2D eigenvalue weighted by Crippen LogP contribution is 2.31. The van der Waals surface area contributed by atoms with E-state index in [1.165, 1.54) is 0 Å². The number of ether oxygens (including phenoxy) is 2. The molecule has 0 radical (unpaired) electrons. The van der Waals surface area contributed by atoms with Gasteiger partial charge in [0.1, 0.15) is 18.2 Å². The molecular formula is C24H24N6O2. The number of benzene rings is 2. The van der Waals surface area contributed by atoms with Gasteiger partial charge in [-0.05, 0) is 48.0 Å². The lowest BCUT2D eigenvalue weighted by Gasteiger charge is -2.18. The van der Waals surface area contributed by atoms with Crippen LogP contribution in [0.15, 0.2) is 72.9 Å². The summed E-state index contributed by atoms with van der Waals surface area (Å²) in [4.78, 5) is 9.20. The number of aromatic nitrogens is 2. The van der Waals surface area contributed by atoms with Gasteiger partial charge in [-0.1, -0.05) is 18.2 Å². The van der Waals surface area contributed by atoms with E-state index in [1.807, 2.05) is 59.7 Å². The van der Waals surface area contributed by atoms with Gasteiger partial charge in [-0.25, -0.2) is 4.98 Å². The Bertz CT molecular complexity index is 1230. The number of rotatable bonds is 8. The second kappa shape index (κ2) is 9.09. The summed E-state index contributed by atoms with van der Waals surface area (Å²) >= 11 is 0. The van der Waals surface area contributed by atoms with Crippen molar-refractivity contribution >= 4 is 33.9 Å². The van der Waals surface area contributed by atoms with Crippen molar-refractivity contribution in [2.75, 3.05) is 36.1 Å². The van der Waals surface area contributed by atoms with Gasteiger partial charge in [-0.15, -0.1) is 5.53 Å². The Kier molecular flexibility index (Phi) is 5.69. The van der Waals surface area contributed by atoms with E-state index in [0.29, 0.717) is 19.8 Å². The minimum Gasteiger partial charge on any atom is -0.491 e. The molecule has 3 heterocycles. The minimum atomic E-state index is 0.508. The van der Waals surface area contributed by atoms with Crippen molar-refractivity contribution in [3.05, 3.63) is 78.5 Å². The molecule has 4 aromatic rings. The van der Waals surface area contributed by atoms with Crippen LogP contribution in [0.5, 0.6) is 5.75 Å². The summed E-state index contributed by atoms with van der Waals surface area (Å²) in [6, 6.07) is 22.0. The predicted octanol–water partition coefficient (Wildman–Crippen LogP) is 4.25. The van der Waals surface area contributed by atoms with Gasteiger partial charge in [-0.3, -0.25) is 9.99 Å². The smallest absolute Gasteiger partial charge is 0.171 e. The molecule has 5 rings (SSSR count). The summed E-state index contributed by atoms with van der Waals surface area (Å²) in [5.74, 6) is 2.36. The van der Waals surface area contributed by atoms with E-state index in [-0.39, 0.29) is 0 Å².